The topological polar surface area (TPSA) is 66.8 Å². The van der Waals surface area contributed by atoms with Crippen molar-refractivity contribution < 1.29 is 19.4 Å². The third-order valence-corrected chi connectivity index (χ3v) is 2.19. The predicted molar refractivity (Wildman–Crippen MR) is 49.0 cm³/mol. The standard InChI is InChI=1S/C9H15NO4/c1-2-3-4-5-10-6-7(8(11)12)14-9(10)13/h7H,2-6H2,1H3,(H,11,12)/t7-/m1/s1. The van der Waals surface area contributed by atoms with E-state index in [1.54, 1.807) is 0 Å². The average molecular weight is 201 g/mol. The van der Waals surface area contributed by atoms with Gasteiger partial charge < -0.3 is 14.7 Å². The number of carbonyl (C=O) groups excluding carboxylic acids is 1. The van der Waals surface area contributed by atoms with E-state index in [0.717, 1.165) is 19.3 Å². The van der Waals surface area contributed by atoms with E-state index in [1.165, 1.54) is 4.90 Å². The van der Waals surface area contributed by atoms with Crippen LogP contribution >= 0.6 is 0 Å². The van der Waals surface area contributed by atoms with Gasteiger partial charge in [0.05, 0.1) is 6.54 Å². The van der Waals surface area contributed by atoms with Crippen LogP contribution in [0.25, 0.3) is 0 Å². The van der Waals surface area contributed by atoms with Crippen molar-refractivity contribution in [3.05, 3.63) is 0 Å². The molecule has 0 spiro atoms. The van der Waals surface area contributed by atoms with Crippen LogP contribution in [0.3, 0.4) is 0 Å². The molecule has 0 aromatic carbocycles. The highest BCUT2D eigenvalue weighted by atomic mass is 16.6. The molecule has 0 aromatic heterocycles. The lowest BCUT2D eigenvalue weighted by Crippen LogP contribution is -2.28. The Bertz CT molecular complexity index is 229. The average Bonchev–Trinajstić information content (AvgIpc) is 2.49. The summed E-state index contributed by atoms with van der Waals surface area (Å²) in [7, 11) is 0. The number of aliphatic carboxylic acids is 1. The Morgan fingerprint density at radius 3 is 2.86 bits per heavy atom. The minimum atomic E-state index is -1.07. The molecule has 1 N–H and O–H groups in total. The van der Waals surface area contributed by atoms with E-state index in [1.807, 2.05) is 0 Å². The van der Waals surface area contributed by atoms with Crippen molar-refractivity contribution in [3.8, 4) is 0 Å². The summed E-state index contributed by atoms with van der Waals surface area (Å²) >= 11 is 0. The summed E-state index contributed by atoms with van der Waals surface area (Å²) in [4.78, 5) is 23.1. The molecule has 1 heterocycles. The molecule has 1 atom stereocenters. The first-order valence-electron chi connectivity index (χ1n) is 4.83. The zero-order chi connectivity index (χ0) is 10.6. The number of cyclic esters (lactones) is 1. The number of amides is 1. The van der Waals surface area contributed by atoms with Gasteiger partial charge in [0.15, 0.2) is 0 Å². The number of ether oxygens (including phenoxy) is 1. The fourth-order valence-electron chi connectivity index (χ4n) is 1.37. The molecule has 5 heteroatoms. The van der Waals surface area contributed by atoms with Crippen molar-refractivity contribution in [1.82, 2.24) is 4.90 Å². The highest BCUT2D eigenvalue weighted by Crippen LogP contribution is 2.12. The minimum Gasteiger partial charge on any atom is -0.478 e. The first-order chi connectivity index (χ1) is 6.65. The fraction of sp³-hybridized carbons (Fsp3) is 0.778. The lowest BCUT2D eigenvalue weighted by Gasteiger charge is -2.11. The molecule has 1 saturated heterocycles. The van der Waals surface area contributed by atoms with Gasteiger partial charge in [-0.3, -0.25) is 0 Å². The summed E-state index contributed by atoms with van der Waals surface area (Å²) in [6.07, 6.45) is 1.53. The van der Waals surface area contributed by atoms with Crippen molar-refractivity contribution in [3.63, 3.8) is 0 Å². The maximum Gasteiger partial charge on any atom is 0.410 e. The first-order valence-corrected chi connectivity index (χ1v) is 4.83. The number of nitrogens with zero attached hydrogens (tertiary/aromatic N) is 1. The first kappa shape index (κ1) is 10.8. The second-order valence-electron chi connectivity index (χ2n) is 3.36. The smallest absolute Gasteiger partial charge is 0.410 e. The summed E-state index contributed by atoms with van der Waals surface area (Å²) in [6.45, 7) is 2.84. The second kappa shape index (κ2) is 4.83. The van der Waals surface area contributed by atoms with Gasteiger partial charge in [-0.05, 0) is 6.42 Å². The Kier molecular flexibility index (Phi) is 3.73. The van der Waals surface area contributed by atoms with Crippen molar-refractivity contribution in [2.24, 2.45) is 0 Å². The van der Waals surface area contributed by atoms with Crippen LogP contribution in [-0.4, -0.2) is 41.3 Å². The van der Waals surface area contributed by atoms with Gasteiger partial charge in [-0.1, -0.05) is 19.8 Å². The fourth-order valence-corrected chi connectivity index (χ4v) is 1.37. The van der Waals surface area contributed by atoms with Gasteiger partial charge >= 0.3 is 12.1 Å². The molecule has 0 aromatic rings. The summed E-state index contributed by atoms with van der Waals surface area (Å²) in [6, 6.07) is 0. The van der Waals surface area contributed by atoms with E-state index in [-0.39, 0.29) is 6.54 Å². The van der Waals surface area contributed by atoms with Crippen LogP contribution in [0.1, 0.15) is 26.2 Å². The van der Waals surface area contributed by atoms with Crippen molar-refractivity contribution in [1.29, 1.82) is 0 Å². The van der Waals surface area contributed by atoms with Crippen LogP contribution in [0.4, 0.5) is 4.79 Å². The van der Waals surface area contributed by atoms with Crippen molar-refractivity contribution >= 4 is 12.1 Å². The molecule has 0 radical (unpaired) electrons. The minimum absolute atomic E-state index is 0.178. The predicted octanol–water partition coefficient (Wildman–Crippen LogP) is 1.08. The number of carboxylic acids is 1. The maximum atomic E-state index is 11.1. The van der Waals surface area contributed by atoms with Crippen LogP contribution in [-0.2, 0) is 9.53 Å². The highest BCUT2D eigenvalue weighted by molar-refractivity contribution is 5.81. The van der Waals surface area contributed by atoms with Gasteiger partial charge in [0.1, 0.15) is 0 Å². The Labute approximate surface area is 82.6 Å². The van der Waals surface area contributed by atoms with E-state index in [2.05, 4.69) is 11.7 Å². The molecule has 1 fully saturated rings. The van der Waals surface area contributed by atoms with Gasteiger partial charge in [-0.25, -0.2) is 9.59 Å². The Balaban J connectivity index is 2.33. The lowest BCUT2D eigenvalue weighted by atomic mass is 10.2. The van der Waals surface area contributed by atoms with E-state index in [0.29, 0.717) is 6.54 Å². The summed E-state index contributed by atoms with van der Waals surface area (Å²) in [5.74, 6) is -1.07. The molecule has 5 nitrogen and oxygen atoms in total. The Hall–Kier alpha value is -1.26. The van der Waals surface area contributed by atoms with E-state index < -0.39 is 18.2 Å². The molecule has 1 aliphatic rings. The largest absolute Gasteiger partial charge is 0.478 e. The molecular weight excluding hydrogens is 186 g/mol. The van der Waals surface area contributed by atoms with E-state index >= 15 is 0 Å². The SMILES string of the molecule is CCCCCN1C[C@H](C(=O)O)OC1=O. The molecule has 80 valence electrons. The molecular formula is C9H15NO4. The Morgan fingerprint density at radius 2 is 2.36 bits per heavy atom. The van der Waals surface area contributed by atoms with E-state index in [9.17, 15) is 9.59 Å². The zero-order valence-corrected chi connectivity index (χ0v) is 8.23. The van der Waals surface area contributed by atoms with Gasteiger partial charge in [0.25, 0.3) is 0 Å². The van der Waals surface area contributed by atoms with E-state index in [4.69, 9.17) is 5.11 Å². The number of unbranched alkanes of at least 4 members (excludes halogenated alkanes) is 2. The van der Waals surface area contributed by atoms with Gasteiger partial charge in [0.2, 0.25) is 6.10 Å². The van der Waals surface area contributed by atoms with Crippen LogP contribution in [0.15, 0.2) is 0 Å². The molecule has 1 aliphatic heterocycles. The molecule has 0 bridgehead atoms. The summed E-state index contributed by atoms with van der Waals surface area (Å²) in [5.41, 5.74) is 0. The van der Waals surface area contributed by atoms with Crippen LogP contribution in [0, 0.1) is 0 Å². The molecule has 14 heavy (non-hydrogen) atoms. The maximum absolute atomic E-state index is 11.1. The second-order valence-corrected chi connectivity index (χ2v) is 3.36. The normalized spacial score (nSPS) is 21.1. The molecule has 0 unspecified atom stereocenters. The highest BCUT2D eigenvalue weighted by Gasteiger charge is 2.35. The third-order valence-electron chi connectivity index (χ3n) is 2.19. The van der Waals surface area contributed by atoms with Gasteiger partial charge in [-0.15, -0.1) is 0 Å². The zero-order valence-electron chi connectivity index (χ0n) is 8.23. The lowest BCUT2D eigenvalue weighted by molar-refractivity contribution is -0.144. The van der Waals surface area contributed by atoms with Crippen LogP contribution in [0.2, 0.25) is 0 Å². The van der Waals surface area contributed by atoms with Gasteiger partial charge in [-0.2, -0.15) is 0 Å². The quantitative estimate of drug-likeness (QED) is 0.676. The number of hydrogen-bond acceptors (Lipinski definition) is 3. The number of carboxylic acid groups (broad SMARTS) is 1. The number of hydrogen-bond donors (Lipinski definition) is 1. The number of rotatable bonds is 5. The van der Waals surface area contributed by atoms with Crippen LogP contribution in [0.5, 0.6) is 0 Å². The monoisotopic (exact) mass is 201 g/mol. The number of carbonyl (C=O) groups is 2. The summed E-state index contributed by atoms with van der Waals surface area (Å²) in [5, 5.41) is 8.62. The molecule has 1 amide bonds. The van der Waals surface area contributed by atoms with Crippen molar-refractivity contribution in [2.45, 2.75) is 32.3 Å². The third kappa shape index (κ3) is 2.61. The Morgan fingerprint density at radius 1 is 1.64 bits per heavy atom. The molecule has 0 saturated carbocycles. The summed E-state index contributed by atoms with van der Waals surface area (Å²) < 4.78 is 4.65. The molecule has 1 rings (SSSR count). The van der Waals surface area contributed by atoms with Gasteiger partial charge in [0, 0.05) is 6.54 Å². The van der Waals surface area contributed by atoms with Crippen molar-refractivity contribution in [2.75, 3.05) is 13.1 Å². The van der Waals surface area contributed by atoms with Crippen LogP contribution < -0.4 is 0 Å². The molecule has 0 aliphatic carbocycles.